The van der Waals surface area contributed by atoms with Gasteiger partial charge in [0.2, 0.25) is 0 Å². The molecular formula is C12H11N5O3S. The molecule has 9 heteroatoms. The average molecular weight is 305 g/mol. The van der Waals surface area contributed by atoms with E-state index in [4.69, 9.17) is 0 Å². The first-order chi connectivity index (χ1) is 10.0. The summed E-state index contributed by atoms with van der Waals surface area (Å²) in [5.41, 5.74) is 1.58. The molecule has 2 aromatic heterocycles. The fraction of sp³-hybridized carbons (Fsp3) is 0. The van der Waals surface area contributed by atoms with Crippen molar-refractivity contribution >= 4 is 15.7 Å². The van der Waals surface area contributed by atoms with Crippen molar-refractivity contribution in [1.82, 2.24) is 20.4 Å². The maximum atomic E-state index is 12.0. The summed E-state index contributed by atoms with van der Waals surface area (Å²) in [4.78, 5) is 11.1. The Bertz CT molecular complexity index is 891. The van der Waals surface area contributed by atoms with E-state index in [0.717, 1.165) is 5.56 Å². The third-order valence-corrected chi connectivity index (χ3v) is 4.18. The summed E-state index contributed by atoms with van der Waals surface area (Å²) < 4.78 is 26.4. The molecule has 4 N–H and O–H groups in total. The van der Waals surface area contributed by atoms with Gasteiger partial charge in [0.1, 0.15) is 4.90 Å². The fourth-order valence-electron chi connectivity index (χ4n) is 1.81. The molecule has 0 saturated heterocycles. The van der Waals surface area contributed by atoms with Crippen molar-refractivity contribution in [2.24, 2.45) is 0 Å². The van der Waals surface area contributed by atoms with E-state index in [1.807, 2.05) is 0 Å². The first-order valence-corrected chi connectivity index (χ1v) is 7.43. The van der Waals surface area contributed by atoms with Crippen molar-refractivity contribution in [3.8, 4) is 11.3 Å². The molecule has 0 amide bonds. The van der Waals surface area contributed by atoms with Gasteiger partial charge in [-0.15, -0.1) is 0 Å². The third kappa shape index (κ3) is 2.72. The molecule has 0 fully saturated rings. The van der Waals surface area contributed by atoms with Crippen molar-refractivity contribution in [2.75, 3.05) is 4.72 Å². The summed E-state index contributed by atoms with van der Waals surface area (Å²) in [6, 6.07) is 8.04. The summed E-state index contributed by atoms with van der Waals surface area (Å²) in [6.45, 7) is 0. The zero-order valence-corrected chi connectivity index (χ0v) is 11.4. The minimum absolute atomic E-state index is 0.0570. The first kappa shape index (κ1) is 13.2. The average Bonchev–Trinajstić information content (AvgIpc) is 3.10. The second kappa shape index (κ2) is 4.94. The number of rotatable bonds is 4. The molecule has 0 aliphatic heterocycles. The van der Waals surface area contributed by atoms with Gasteiger partial charge < -0.3 is 0 Å². The highest BCUT2D eigenvalue weighted by molar-refractivity contribution is 7.92. The number of nitrogens with one attached hydrogen (secondary N) is 4. The van der Waals surface area contributed by atoms with Gasteiger partial charge in [-0.25, -0.2) is 8.42 Å². The summed E-state index contributed by atoms with van der Waals surface area (Å²) in [5.74, 6) is 0. The number of benzene rings is 1. The number of hydrogen-bond donors (Lipinski definition) is 4. The smallest absolute Gasteiger partial charge is 0.265 e. The van der Waals surface area contributed by atoms with Crippen LogP contribution in [-0.4, -0.2) is 28.8 Å². The van der Waals surface area contributed by atoms with Crippen LogP contribution in [0.25, 0.3) is 11.3 Å². The van der Waals surface area contributed by atoms with E-state index in [1.165, 1.54) is 18.5 Å². The monoisotopic (exact) mass is 305 g/mol. The van der Waals surface area contributed by atoms with Crippen LogP contribution in [0, 0.1) is 0 Å². The Morgan fingerprint density at radius 2 is 1.86 bits per heavy atom. The topological polar surface area (TPSA) is 123 Å². The van der Waals surface area contributed by atoms with Gasteiger partial charge in [0.05, 0.1) is 11.9 Å². The van der Waals surface area contributed by atoms with Crippen molar-refractivity contribution < 1.29 is 8.42 Å². The molecule has 0 unspecified atom stereocenters. The first-order valence-electron chi connectivity index (χ1n) is 5.94. The number of hydrogen-bond acceptors (Lipinski definition) is 4. The summed E-state index contributed by atoms with van der Waals surface area (Å²) in [6.07, 6.45) is 2.52. The van der Waals surface area contributed by atoms with Crippen LogP contribution in [0.3, 0.4) is 0 Å². The third-order valence-electron chi connectivity index (χ3n) is 2.83. The summed E-state index contributed by atoms with van der Waals surface area (Å²) in [5, 5.41) is 11.2. The SMILES string of the molecule is O=c1cc(-c2ccc(NS(=O)(=O)c3cn[nH]c3)cc2)[nH][nH]1. The minimum atomic E-state index is -3.65. The van der Waals surface area contributed by atoms with E-state index in [-0.39, 0.29) is 10.5 Å². The number of anilines is 1. The highest BCUT2D eigenvalue weighted by Gasteiger charge is 2.15. The molecule has 3 rings (SSSR count). The maximum absolute atomic E-state index is 12.0. The van der Waals surface area contributed by atoms with Crippen LogP contribution in [-0.2, 0) is 10.0 Å². The molecule has 21 heavy (non-hydrogen) atoms. The van der Waals surface area contributed by atoms with Gasteiger partial charge in [-0.2, -0.15) is 5.10 Å². The lowest BCUT2D eigenvalue weighted by Gasteiger charge is -2.06. The van der Waals surface area contributed by atoms with Crippen molar-refractivity contribution in [3.05, 3.63) is 53.1 Å². The van der Waals surface area contributed by atoms with E-state index in [9.17, 15) is 13.2 Å². The number of aromatic nitrogens is 4. The highest BCUT2D eigenvalue weighted by Crippen LogP contribution is 2.20. The standard InChI is InChI=1S/C12H11N5O3S/c18-12-5-11(15-16-12)8-1-3-9(4-2-8)17-21(19,20)10-6-13-14-7-10/h1-7,17H,(H,13,14)(H2,15,16,18). The van der Waals surface area contributed by atoms with Gasteiger partial charge in [0.15, 0.2) is 0 Å². The van der Waals surface area contributed by atoms with Crippen molar-refractivity contribution in [2.45, 2.75) is 4.90 Å². The molecule has 0 saturated carbocycles. The Morgan fingerprint density at radius 1 is 1.10 bits per heavy atom. The Hall–Kier alpha value is -2.81. The van der Waals surface area contributed by atoms with Crippen LogP contribution in [0.2, 0.25) is 0 Å². The lowest BCUT2D eigenvalue weighted by atomic mass is 10.1. The molecule has 1 aromatic carbocycles. The molecule has 2 heterocycles. The Kier molecular flexibility index (Phi) is 3.10. The molecule has 0 spiro atoms. The summed E-state index contributed by atoms with van der Waals surface area (Å²) >= 11 is 0. The van der Waals surface area contributed by atoms with Gasteiger partial charge >= 0.3 is 0 Å². The van der Waals surface area contributed by atoms with E-state index in [1.54, 1.807) is 24.3 Å². The van der Waals surface area contributed by atoms with E-state index < -0.39 is 10.0 Å². The zero-order valence-electron chi connectivity index (χ0n) is 10.6. The van der Waals surface area contributed by atoms with Gasteiger partial charge in [0, 0.05) is 18.0 Å². The van der Waals surface area contributed by atoms with E-state index in [2.05, 4.69) is 25.1 Å². The Morgan fingerprint density at radius 3 is 2.43 bits per heavy atom. The largest absolute Gasteiger partial charge is 0.298 e. The second-order valence-corrected chi connectivity index (χ2v) is 5.97. The molecule has 0 aliphatic carbocycles. The molecule has 8 nitrogen and oxygen atoms in total. The van der Waals surface area contributed by atoms with Crippen LogP contribution in [0.1, 0.15) is 0 Å². The fourth-order valence-corrected chi connectivity index (χ4v) is 2.77. The van der Waals surface area contributed by atoms with Gasteiger partial charge in [-0.1, -0.05) is 12.1 Å². The molecule has 0 radical (unpaired) electrons. The van der Waals surface area contributed by atoms with Crippen LogP contribution in [0.15, 0.2) is 52.4 Å². The van der Waals surface area contributed by atoms with E-state index in [0.29, 0.717) is 11.4 Å². The number of H-pyrrole nitrogens is 3. The van der Waals surface area contributed by atoms with Crippen LogP contribution < -0.4 is 10.3 Å². The van der Waals surface area contributed by atoms with Crippen LogP contribution in [0.5, 0.6) is 0 Å². The second-order valence-electron chi connectivity index (χ2n) is 4.29. The minimum Gasteiger partial charge on any atom is -0.298 e. The molecule has 0 atom stereocenters. The van der Waals surface area contributed by atoms with Gasteiger partial charge in [-0.05, 0) is 17.7 Å². The van der Waals surface area contributed by atoms with Crippen molar-refractivity contribution in [3.63, 3.8) is 0 Å². The molecule has 0 aliphatic rings. The Balaban J connectivity index is 1.84. The number of sulfonamides is 1. The molecule has 108 valence electrons. The van der Waals surface area contributed by atoms with Gasteiger partial charge in [0.25, 0.3) is 15.6 Å². The lowest BCUT2D eigenvalue weighted by molar-refractivity contribution is 0.601. The van der Waals surface area contributed by atoms with E-state index >= 15 is 0 Å². The molecule has 3 aromatic rings. The quantitative estimate of drug-likeness (QED) is 0.571. The number of nitrogens with zero attached hydrogens (tertiary/aromatic N) is 1. The number of aromatic amines is 3. The summed E-state index contributed by atoms with van der Waals surface area (Å²) in [7, 11) is -3.65. The maximum Gasteiger partial charge on any atom is 0.265 e. The normalized spacial score (nSPS) is 11.4. The predicted octanol–water partition coefficient (Wildman–Crippen LogP) is 0.894. The van der Waals surface area contributed by atoms with Gasteiger partial charge in [-0.3, -0.25) is 24.8 Å². The van der Waals surface area contributed by atoms with Crippen LogP contribution in [0.4, 0.5) is 5.69 Å². The zero-order chi connectivity index (χ0) is 14.9. The molecular weight excluding hydrogens is 294 g/mol. The van der Waals surface area contributed by atoms with Crippen LogP contribution >= 0.6 is 0 Å². The highest BCUT2D eigenvalue weighted by atomic mass is 32.2. The molecule has 0 bridgehead atoms. The predicted molar refractivity (Wildman–Crippen MR) is 76.2 cm³/mol. The van der Waals surface area contributed by atoms with Crippen molar-refractivity contribution in [1.29, 1.82) is 0 Å². The Labute approximate surface area is 119 Å². The lowest BCUT2D eigenvalue weighted by Crippen LogP contribution is -2.12.